The number of carbonyl (C=O) groups is 1. The number of ether oxygens (including phenoxy) is 2. The second-order valence-corrected chi connectivity index (χ2v) is 3.93. The summed E-state index contributed by atoms with van der Waals surface area (Å²) >= 11 is 0. The van der Waals surface area contributed by atoms with Gasteiger partial charge in [-0.25, -0.2) is 4.79 Å². The van der Waals surface area contributed by atoms with Gasteiger partial charge in [-0.15, -0.1) is 0 Å². The summed E-state index contributed by atoms with van der Waals surface area (Å²) in [5.74, 6) is 0.489. The Kier molecular flexibility index (Phi) is 2.83. The van der Waals surface area contributed by atoms with E-state index < -0.39 is 0 Å². The molecule has 86 valence electrons. The minimum atomic E-state index is -0.312. The first-order chi connectivity index (χ1) is 7.67. The van der Waals surface area contributed by atoms with E-state index in [-0.39, 0.29) is 12.0 Å². The average Bonchev–Trinajstić information content (AvgIpc) is 2.67. The van der Waals surface area contributed by atoms with E-state index in [1.807, 2.05) is 0 Å². The van der Waals surface area contributed by atoms with E-state index in [2.05, 4.69) is 0 Å². The maximum atomic E-state index is 11.6. The molecular weight excluding hydrogens is 206 g/mol. The van der Waals surface area contributed by atoms with E-state index in [4.69, 9.17) is 15.2 Å². The van der Waals surface area contributed by atoms with Crippen LogP contribution in [0.25, 0.3) is 0 Å². The molecule has 1 unspecified atom stereocenters. The Bertz CT molecular complexity index is 429. The summed E-state index contributed by atoms with van der Waals surface area (Å²) in [7, 11) is 3.01. The van der Waals surface area contributed by atoms with Gasteiger partial charge in [-0.1, -0.05) is 0 Å². The van der Waals surface area contributed by atoms with Crippen LogP contribution in [-0.2, 0) is 17.6 Å². The van der Waals surface area contributed by atoms with Crippen LogP contribution < -0.4 is 10.5 Å². The van der Waals surface area contributed by atoms with Crippen LogP contribution >= 0.6 is 0 Å². The summed E-state index contributed by atoms with van der Waals surface area (Å²) in [5, 5.41) is 0. The molecule has 2 N–H and O–H groups in total. The molecule has 1 atom stereocenters. The molecule has 0 amide bonds. The molecule has 16 heavy (non-hydrogen) atoms. The van der Waals surface area contributed by atoms with Gasteiger partial charge in [-0.2, -0.15) is 0 Å². The van der Waals surface area contributed by atoms with Gasteiger partial charge < -0.3 is 15.2 Å². The van der Waals surface area contributed by atoms with Crippen molar-refractivity contribution in [2.75, 3.05) is 14.2 Å². The minimum Gasteiger partial charge on any atom is -0.496 e. The normalized spacial score (nSPS) is 18.1. The highest BCUT2D eigenvalue weighted by Gasteiger charge is 2.27. The molecule has 0 aromatic heterocycles. The number of methoxy groups -OCH3 is 2. The second-order valence-electron chi connectivity index (χ2n) is 3.93. The molecule has 4 heteroatoms. The highest BCUT2D eigenvalue weighted by Crippen LogP contribution is 2.33. The fourth-order valence-electron chi connectivity index (χ4n) is 2.22. The Morgan fingerprint density at radius 1 is 1.31 bits per heavy atom. The Hall–Kier alpha value is -1.55. The predicted octanol–water partition coefficient (Wildman–Crippen LogP) is 0.908. The van der Waals surface area contributed by atoms with E-state index in [0.717, 1.165) is 23.3 Å². The minimum absolute atomic E-state index is 0.0645. The molecule has 0 aliphatic heterocycles. The van der Waals surface area contributed by atoms with Crippen LogP contribution in [0.2, 0.25) is 0 Å². The van der Waals surface area contributed by atoms with Crippen molar-refractivity contribution in [2.24, 2.45) is 5.73 Å². The summed E-state index contributed by atoms with van der Waals surface area (Å²) in [5.41, 5.74) is 8.53. The van der Waals surface area contributed by atoms with Crippen LogP contribution in [0, 0.1) is 0 Å². The van der Waals surface area contributed by atoms with Gasteiger partial charge in [0.15, 0.2) is 0 Å². The largest absolute Gasteiger partial charge is 0.496 e. The molecule has 0 radical (unpaired) electrons. The molecule has 4 nitrogen and oxygen atoms in total. The second kappa shape index (κ2) is 4.14. The van der Waals surface area contributed by atoms with E-state index in [9.17, 15) is 4.79 Å². The van der Waals surface area contributed by atoms with Gasteiger partial charge in [-0.05, 0) is 36.1 Å². The van der Waals surface area contributed by atoms with Crippen molar-refractivity contribution in [3.05, 3.63) is 28.8 Å². The fraction of sp³-hybridized carbons (Fsp3) is 0.417. The van der Waals surface area contributed by atoms with Crippen molar-refractivity contribution in [3.8, 4) is 5.75 Å². The lowest BCUT2D eigenvalue weighted by molar-refractivity contribution is 0.0599. The zero-order valence-corrected chi connectivity index (χ0v) is 9.45. The number of rotatable bonds is 2. The number of hydrogen-bond donors (Lipinski definition) is 1. The molecular formula is C12H15NO3. The fourth-order valence-corrected chi connectivity index (χ4v) is 2.22. The van der Waals surface area contributed by atoms with Gasteiger partial charge in [0, 0.05) is 6.04 Å². The molecule has 1 aromatic carbocycles. The molecule has 0 spiro atoms. The zero-order valence-electron chi connectivity index (χ0n) is 9.45. The van der Waals surface area contributed by atoms with Crippen molar-refractivity contribution in [1.29, 1.82) is 0 Å². The maximum absolute atomic E-state index is 11.6. The smallest absolute Gasteiger partial charge is 0.338 e. The quantitative estimate of drug-likeness (QED) is 0.754. The summed E-state index contributed by atoms with van der Waals surface area (Å²) in [6.45, 7) is 0. The Morgan fingerprint density at radius 2 is 2.00 bits per heavy atom. The average molecular weight is 221 g/mol. The van der Waals surface area contributed by atoms with E-state index in [1.54, 1.807) is 19.2 Å². The highest BCUT2D eigenvalue weighted by atomic mass is 16.5. The number of nitrogens with two attached hydrogens (primary N) is 1. The predicted molar refractivity (Wildman–Crippen MR) is 59.7 cm³/mol. The number of hydrogen-bond acceptors (Lipinski definition) is 4. The Labute approximate surface area is 94.3 Å². The molecule has 1 aliphatic rings. The Morgan fingerprint density at radius 3 is 2.62 bits per heavy atom. The lowest BCUT2D eigenvalue weighted by Crippen LogP contribution is -2.19. The first kappa shape index (κ1) is 11.0. The molecule has 2 rings (SSSR count). The lowest BCUT2D eigenvalue weighted by atomic mass is 10.0. The highest BCUT2D eigenvalue weighted by molar-refractivity contribution is 5.92. The molecule has 1 aromatic rings. The van der Waals surface area contributed by atoms with E-state index in [1.165, 1.54) is 7.11 Å². The third kappa shape index (κ3) is 1.65. The van der Waals surface area contributed by atoms with Crippen LogP contribution in [0.5, 0.6) is 5.75 Å². The molecule has 0 saturated carbocycles. The summed E-state index contributed by atoms with van der Waals surface area (Å²) in [4.78, 5) is 11.6. The van der Waals surface area contributed by atoms with Gasteiger partial charge in [0.05, 0.1) is 19.8 Å². The zero-order chi connectivity index (χ0) is 11.7. The SMILES string of the molecule is COC(=O)c1ccc(OC)c2c1CC(N)C2. The van der Waals surface area contributed by atoms with Gasteiger partial charge >= 0.3 is 5.97 Å². The van der Waals surface area contributed by atoms with Crippen molar-refractivity contribution < 1.29 is 14.3 Å². The monoisotopic (exact) mass is 221 g/mol. The number of carbonyl (C=O) groups excluding carboxylic acids is 1. The summed E-state index contributed by atoms with van der Waals surface area (Å²) in [6.07, 6.45) is 1.46. The van der Waals surface area contributed by atoms with Crippen LogP contribution in [0.4, 0.5) is 0 Å². The van der Waals surface area contributed by atoms with Crippen molar-refractivity contribution in [2.45, 2.75) is 18.9 Å². The van der Waals surface area contributed by atoms with Crippen molar-refractivity contribution in [1.82, 2.24) is 0 Å². The molecule has 0 fully saturated rings. The van der Waals surface area contributed by atoms with Crippen LogP contribution in [0.3, 0.4) is 0 Å². The lowest BCUT2D eigenvalue weighted by Gasteiger charge is -2.10. The van der Waals surface area contributed by atoms with Crippen LogP contribution in [0.15, 0.2) is 12.1 Å². The van der Waals surface area contributed by atoms with Gasteiger partial charge in [0.1, 0.15) is 5.75 Å². The molecule has 0 heterocycles. The number of benzene rings is 1. The third-order valence-corrected chi connectivity index (χ3v) is 2.95. The van der Waals surface area contributed by atoms with Crippen molar-refractivity contribution >= 4 is 5.97 Å². The van der Waals surface area contributed by atoms with Crippen molar-refractivity contribution in [3.63, 3.8) is 0 Å². The Balaban J connectivity index is 2.52. The summed E-state index contributed by atoms with van der Waals surface area (Å²) in [6, 6.07) is 3.60. The molecule has 1 aliphatic carbocycles. The standard InChI is InChI=1S/C12H15NO3/c1-15-11-4-3-8(12(14)16-2)9-5-7(13)6-10(9)11/h3-4,7H,5-6,13H2,1-2H3. The molecule has 0 bridgehead atoms. The summed E-state index contributed by atoms with van der Waals surface area (Å²) < 4.78 is 10.0. The first-order valence-electron chi connectivity index (χ1n) is 5.20. The maximum Gasteiger partial charge on any atom is 0.338 e. The first-order valence-corrected chi connectivity index (χ1v) is 5.20. The van der Waals surface area contributed by atoms with Gasteiger partial charge in [0.25, 0.3) is 0 Å². The van der Waals surface area contributed by atoms with E-state index >= 15 is 0 Å². The van der Waals surface area contributed by atoms with Crippen LogP contribution in [-0.4, -0.2) is 26.2 Å². The molecule has 0 saturated heterocycles. The van der Waals surface area contributed by atoms with Crippen LogP contribution in [0.1, 0.15) is 21.5 Å². The third-order valence-electron chi connectivity index (χ3n) is 2.95. The van der Waals surface area contributed by atoms with E-state index in [0.29, 0.717) is 12.0 Å². The topological polar surface area (TPSA) is 61.5 Å². The number of fused-ring (bicyclic) bond motifs is 1. The van der Waals surface area contributed by atoms with Gasteiger partial charge in [-0.3, -0.25) is 0 Å². The number of esters is 1. The van der Waals surface area contributed by atoms with Gasteiger partial charge in [0.2, 0.25) is 0 Å².